The van der Waals surface area contributed by atoms with Crippen molar-refractivity contribution in [3.8, 4) is 5.88 Å². The molecule has 0 saturated heterocycles. The largest absolute Gasteiger partial charge is 0.481 e. The first-order valence-electron chi connectivity index (χ1n) is 6.51. The average Bonchev–Trinajstić information content (AvgIpc) is 2.51. The Kier molecular flexibility index (Phi) is 5.67. The molecule has 1 aromatic carbocycles. The summed E-state index contributed by atoms with van der Waals surface area (Å²) in [6.07, 6.45) is 2.88. The number of benzene rings is 1. The Balaban J connectivity index is 2.07. The first-order chi connectivity index (χ1) is 10.1. The maximum atomic E-state index is 13.8. The van der Waals surface area contributed by atoms with Gasteiger partial charge in [0.1, 0.15) is 5.82 Å². The monoisotopic (exact) mass is 353 g/mol. The molecule has 1 atom stereocenters. The van der Waals surface area contributed by atoms with E-state index in [1.807, 2.05) is 6.07 Å². The van der Waals surface area contributed by atoms with Crippen LogP contribution in [0.4, 0.5) is 4.39 Å². The van der Waals surface area contributed by atoms with Crippen molar-refractivity contribution in [3.63, 3.8) is 0 Å². The molecule has 21 heavy (non-hydrogen) atoms. The lowest BCUT2D eigenvalue weighted by Gasteiger charge is -2.16. The third-order valence-corrected chi connectivity index (χ3v) is 3.69. The first-order valence-corrected chi connectivity index (χ1v) is 7.30. The van der Waals surface area contributed by atoms with E-state index in [2.05, 4.69) is 26.3 Å². The molecule has 0 bridgehead atoms. The number of ether oxygens (including phenoxy) is 1. The van der Waals surface area contributed by atoms with Crippen molar-refractivity contribution < 1.29 is 9.13 Å². The topological polar surface area (TPSA) is 60.2 Å². The maximum absolute atomic E-state index is 13.8. The van der Waals surface area contributed by atoms with Crippen LogP contribution in [0.1, 0.15) is 11.1 Å². The van der Waals surface area contributed by atoms with Crippen LogP contribution in [-0.2, 0) is 12.8 Å². The Labute approximate surface area is 131 Å². The molecular weight excluding hydrogens is 337 g/mol. The van der Waals surface area contributed by atoms with Crippen molar-refractivity contribution in [1.82, 2.24) is 10.4 Å². The van der Waals surface area contributed by atoms with Crippen LogP contribution in [0.5, 0.6) is 5.88 Å². The van der Waals surface area contributed by atoms with Gasteiger partial charge in [0.15, 0.2) is 0 Å². The molecule has 0 radical (unpaired) electrons. The third kappa shape index (κ3) is 4.49. The standard InChI is InChI=1S/C15H17BrFN3O/c1-21-15-5-2-10(9-19-15)6-13(20-18)8-11-7-12(16)3-4-14(11)17/h2-5,7,9,13,20H,6,8,18H2,1H3. The summed E-state index contributed by atoms with van der Waals surface area (Å²) in [4.78, 5) is 4.15. The second kappa shape index (κ2) is 7.49. The molecule has 0 aliphatic rings. The summed E-state index contributed by atoms with van der Waals surface area (Å²) in [5.41, 5.74) is 4.36. The highest BCUT2D eigenvalue weighted by molar-refractivity contribution is 9.10. The normalized spacial score (nSPS) is 12.2. The van der Waals surface area contributed by atoms with E-state index >= 15 is 0 Å². The molecule has 112 valence electrons. The van der Waals surface area contributed by atoms with Gasteiger partial charge in [-0.2, -0.15) is 0 Å². The fourth-order valence-electron chi connectivity index (χ4n) is 2.09. The molecule has 6 heteroatoms. The van der Waals surface area contributed by atoms with Gasteiger partial charge < -0.3 is 4.74 Å². The minimum Gasteiger partial charge on any atom is -0.481 e. The lowest BCUT2D eigenvalue weighted by molar-refractivity contribution is 0.397. The van der Waals surface area contributed by atoms with E-state index in [4.69, 9.17) is 10.6 Å². The summed E-state index contributed by atoms with van der Waals surface area (Å²) in [5, 5.41) is 0. The fraction of sp³-hybridized carbons (Fsp3) is 0.267. The second-order valence-corrected chi connectivity index (χ2v) is 5.63. The Morgan fingerprint density at radius 2 is 2.14 bits per heavy atom. The van der Waals surface area contributed by atoms with E-state index in [0.717, 1.165) is 10.0 Å². The Bertz CT molecular complexity index is 592. The van der Waals surface area contributed by atoms with Gasteiger partial charge in [0.05, 0.1) is 7.11 Å². The molecule has 1 aromatic heterocycles. The quantitative estimate of drug-likeness (QED) is 0.619. The van der Waals surface area contributed by atoms with Crippen LogP contribution < -0.4 is 16.0 Å². The average molecular weight is 354 g/mol. The Morgan fingerprint density at radius 3 is 2.76 bits per heavy atom. The van der Waals surface area contributed by atoms with Crippen LogP contribution in [0.2, 0.25) is 0 Å². The molecule has 1 heterocycles. The number of nitrogens with one attached hydrogen (secondary N) is 1. The first kappa shape index (κ1) is 15.9. The van der Waals surface area contributed by atoms with Crippen molar-refractivity contribution in [2.75, 3.05) is 7.11 Å². The van der Waals surface area contributed by atoms with Gasteiger partial charge in [-0.3, -0.25) is 11.3 Å². The zero-order valence-electron chi connectivity index (χ0n) is 11.6. The van der Waals surface area contributed by atoms with Crippen molar-refractivity contribution in [2.24, 2.45) is 5.84 Å². The number of hydrazine groups is 1. The van der Waals surface area contributed by atoms with Gasteiger partial charge in [-0.15, -0.1) is 0 Å². The number of aromatic nitrogens is 1. The molecular formula is C15H17BrFN3O. The van der Waals surface area contributed by atoms with Crippen LogP contribution in [0.25, 0.3) is 0 Å². The lowest BCUT2D eigenvalue weighted by Crippen LogP contribution is -2.38. The van der Waals surface area contributed by atoms with Gasteiger partial charge in [0, 0.05) is 22.8 Å². The number of hydrogen-bond acceptors (Lipinski definition) is 4. The number of methoxy groups -OCH3 is 1. The summed E-state index contributed by atoms with van der Waals surface area (Å²) in [6, 6.07) is 8.53. The number of nitrogens with zero attached hydrogens (tertiary/aromatic N) is 1. The maximum Gasteiger partial charge on any atom is 0.212 e. The minimum atomic E-state index is -0.230. The predicted molar refractivity (Wildman–Crippen MR) is 83.4 cm³/mol. The van der Waals surface area contributed by atoms with Crippen LogP contribution in [0.3, 0.4) is 0 Å². The van der Waals surface area contributed by atoms with Gasteiger partial charge in [0.25, 0.3) is 0 Å². The molecule has 1 unspecified atom stereocenters. The molecule has 0 aliphatic carbocycles. The van der Waals surface area contributed by atoms with Gasteiger partial charge in [0.2, 0.25) is 5.88 Å². The second-order valence-electron chi connectivity index (χ2n) is 4.72. The van der Waals surface area contributed by atoms with E-state index < -0.39 is 0 Å². The van der Waals surface area contributed by atoms with E-state index in [-0.39, 0.29) is 11.9 Å². The Hall–Kier alpha value is -1.50. The minimum absolute atomic E-state index is 0.0796. The van der Waals surface area contributed by atoms with Crippen LogP contribution >= 0.6 is 15.9 Å². The molecule has 2 aromatic rings. The summed E-state index contributed by atoms with van der Waals surface area (Å²) >= 11 is 3.35. The number of nitrogens with two attached hydrogens (primary N) is 1. The SMILES string of the molecule is COc1ccc(CC(Cc2cc(Br)ccc2F)NN)cn1. The highest BCUT2D eigenvalue weighted by Gasteiger charge is 2.12. The summed E-state index contributed by atoms with van der Waals surface area (Å²) < 4.78 is 19.7. The molecule has 3 N–H and O–H groups in total. The summed E-state index contributed by atoms with van der Waals surface area (Å²) in [7, 11) is 1.57. The summed E-state index contributed by atoms with van der Waals surface area (Å²) in [6.45, 7) is 0. The fourth-order valence-corrected chi connectivity index (χ4v) is 2.50. The smallest absolute Gasteiger partial charge is 0.212 e. The summed E-state index contributed by atoms with van der Waals surface area (Å²) in [5.74, 6) is 5.92. The van der Waals surface area contributed by atoms with Gasteiger partial charge in [-0.25, -0.2) is 9.37 Å². The van der Waals surface area contributed by atoms with Crippen LogP contribution in [0, 0.1) is 5.82 Å². The number of halogens is 2. The Morgan fingerprint density at radius 1 is 1.33 bits per heavy atom. The highest BCUT2D eigenvalue weighted by Crippen LogP contribution is 2.18. The van der Waals surface area contributed by atoms with Crippen molar-refractivity contribution in [2.45, 2.75) is 18.9 Å². The lowest BCUT2D eigenvalue weighted by atomic mass is 10.00. The van der Waals surface area contributed by atoms with E-state index in [0.29, 0.717) is 24.3 Å². The highest BCUT2D eigenvalue weighted by atomic mass is 79.9. The number of pyridine rings is 1. The molecule has 2 rings (SSSR count). The van der Waals surface area contributed by atoms with E-state index in [9.17, 15) is 4.39 Å². The molecule has 0 aliphatic heterocycles. The third-order valence-electron chi connectivity index (χ3n) is 3.20. The van der Waals surface area contributed by atoms with E-state index in [1.165, 1.54) is 6.07 Å². The molecule has 0 fully saturated rings. The number of hydrogen-bond donors (Lipinski definition) is 2. The van der Waals surface area contributed by atoms with E-state index in [1.54, 1.807) is 31.5 Å². The predicted octanol–water partition coefficient (Wildman–Crippen LogP) is 2.61. The molecule has 0 spiro atoms. The number of rotatable bonds is 6. The van der Waals surface area contributed by atoms with Crippen molar-refractivity contribution in [1.29, 1.82) is 0 Å². The van der Waals surface area contributed by atoms with Crippen LogP contribution in [-0.4, -0.2) is 18.1 Å². The molecule has 4 nitrogen and oxygen atoms in total. The van der Waals surface area contributed by atoms with Crippen LogP contribution in [0.15, 0.2) is 41.0 Å². The molecule has 0 saturated carbocycles. The van der Waals surface area contributed by atoms with Crippen molar-refractivity contribution in [3.05, 3.63) is 57.9 Å². The van der Waals surface area contributed by atoms with Gasteiger partial charge in [-0.05, 0) is 42.2 Å². The zero-order valence-corrected chi connectivity index (χ0v) is 13.2. The zero-order chi connectivity index (χ0) is 15.2. The van der Waals surface area contributed by atoms with Gasteiger partial charge >= 0.3 is 0 Å². The van der Waals surface area contributed by atoms with Crippen molar-refractivity contribution >= 4 is 15.9 Å². The van der Waals surface area contributed by atoms with Gasteiger partial charge in [-0.1, -0.05) is 22.0 Å². The molecule has 0 amide bonds.